The fraction of sp³-hybridized carbons (Fsp3) is 0.333. The Balaban J connectivity index is 1.39. The summed E-state index contributed by atoms with van der Waals surface area (Å²) in [7, 11) is 0. The average Bonchev–Trinajstić information content (AvgIpc) is 2.75. The molecule has 0 saturated carbocycles. The van der Waals surface area contributed by atoms with E-state index >= 15 is 0 Å². The second kappa shape index (κ2) is 10.3. The van der Waals surface area contributed by atoms with Crippen molar-refractivity contribution in [2.75, 3.05) is 55.7 Å². The third-order valence-electron chi connectivity index (χ3n) is 4.84. The van der Waals surface area contributed by atoms with Gasteiger partial charge in [0.25, 0.3) is 0 Å². The van der Waals surface area contributed by atoms with E-state index in [-0.39, 0.29) is 5.82 Å². The lowest BCUT2D eigenvalue weighted by atomic mass is 10.2. The number of piperazine rings is 1. The molecule has 0 aliphatic carbocycles. The van der Waals surface area contributed by atoms with E-state index < -0.39 is 11.8 Å². The third-order valence-corrected chi connectivity index (χ3v) is 5.64. The van der Waals surface area contributed by atoms with Crippen molar-refractivity contribution in [2.24, 2.45) is 0 Å². The van der Waals surface area contributed by atoms with E-state index in [4.69, 9.17) is 0 Å². The zero-order valence-corrected chi connectivity index (χ0v) is 17.2. The lowest BCUT2D eigenvalue weighted by molar-refractivity contribution is -0.136. The smallest absolute Gasteiger partial charge is 0.313 e. The summed E-state index contributed by atoms with van der Waals surface area (Å²) in [4.78, 5) is 29.3. The molecule has 2 amide bonds. The highest BCUT2D eigenvalue weighted by Crippen LogP contribution is 2.24. The zero-order valence-electron chi connectivity index (χ0n) is 16.4. The SMILES string of the molecule is CSc1ccccc1NC(=O)C(=O)NCCN1CCN(c2ccccc2F)CC1. The topological polar surface area (TPSA) is 64.7 Å². The van der Waals surface area contributed by atoms with Gasteiger partial charge in [-0.3, -0.25) is 14.5 Å². The quantitative estimate of drug-likeness (QED) is 0.559. The monoisotopic (exact) mass is 416 g/mol. The fourth-order valence-corrected chi connectivity index (χ4v) is 3.81. The summed E-state index contributed by atoms with van der Waals surface area (Å²) >= 11 is 1.50. The summed E-state index contributed by atoms with van der Waals surface area (Å²) in [6.45, 7) is 4.03. The Kier molecular flexibility index (Phi) is 7.48. The molecule has 8 heteroatoms. The van der Waals surface area contributed by atoms with Crippen LogP contribution in [0, 0.1) is 5.82 Å². The van der Waals surface area contributed by atoms with Gasteiger partial charge in [0.1, 0.15) is 5.82 Å². The Labute approximate surface area is 174 Å². The molecule has 0 bridgehead atoms. The van der Waals surface area contributed by atoms with Gasteiger partial charge in [0.15, 0.2) is 0 Å². The van der Waals surface area contributed by atoms with Crippen molar-refractivity contribution in [3.63, 3.8) is 0 Å². The van der Waals surface area contributed by atoms with Crippen LogP contribution >= 0.6 is 11.8 Å². The van der Waals surface area contributed by atoms with E-state index in [9.17, 15) is 14.0 Å². The van der Waals surface area contributed by atoms with Crippen LogP contribution in [-0.2, 0) is 9.59 Å². The summed E-state index contributed by atoms with van der Waals surface area (Å²) in [6.07, 6.45) is 1.91. The van der Waals surface area contributed by atoms with Crippen LogP contribution in [0.25, 0.3) is 0 Å². The first-order valence-corrected chi connectivity index (χ1v) is 10.7. The van der Waals surface area contributed by atoms with Crippen molar-refractivity contribution in [3.8, 4) is 0 Å². The average molecular weight is 417 g/mol. The lowest BCUT2D eigenvalue weighted by Crippen LogP contribution is -2.49. The number of thioether (sulfide) groups is 1. The van der Waals surface area contributed by atoms with Crippen LogP contribution in [0.3, 0.4) is 0 Å². The minimum atomic E-state index is -0.670. The molecule has 0 unspecified atom stereocenters. The van der Waals surface area contributed by atoms with Gasteiger partial charge in [-0.15, -0.1) is 11.8 Å². The number of anilines is 2. The van der Waals surface area contributed by atoms with Crippen molar-refractivity contribution in [1.82, 2.24) is 10.2 Å². The number of para-hydroxylation sites is 2. The largest absolute Gasteiger partial charge is 0.367 e. The molecular weight excluding hydrogens is 391 g/mol. The lowest BCUT2D eigenvalue weighted by Gasteiger charge is -2.36. The molecular formula is C21H25FN4O2S. The number of carbonyl (C=O) groups excluding carboxylic acids is 2. The molecule has 0 spiro atoms. The Morgan fingerprint density at radius 3 is 2.41 bits per heavy atom. The molecule has 154 valence electrons. The van der Waals surface area contributed by atoms with Crippen LogP contribution in [-0.4, -0.2) is 62.2 Å². The highest BCUT2D eigenvalue weighted by atomic mass is 32.2. The molecule has 2 N–H and O–H groups in total. The van der Waals surface area contributed by atoms with Crippen molar-refractivity contribution < 1.29 is 14.0 Å². The first kappa shape index (κ1) is 21.1. The molecule has 0 atom stereocenters. The second-order valence-electron chi connectivity index (χ2n) is 6.69. The maximum atomic E-state index is 13.9. The minimum absolute atomic E-state index is 0.206. The molecule has 1 aliphatic heterocycles. The first-order valence-electron chi connectivity index (χ1n) is 9.52. The highest BCUT2D eigenvalue weighted by Gasteiger charge is 2.20. The number of hydrogen-bond donors (Lipinski definition) is 2. The molecule has 29 heavy (non-hydrogen) atoms. The highest BCUT2D eigenvalue weighted by molar-refractivity contribution is 7.98. The van der Waals surface area contributed by atoms with E-state index in [1.807, 2.05) is 35.4 Å². The van der Waals surface area contributed by atoms with Crippen LogP contribution in [0.4, 0.5) is 15.8 Å². The summed E-state index contributed by atoms with van der Waals surface area (Å²) in [5.74, 6) is -1.52. The Bertz CT molecular complexity index is 856. The number of nitrogens with one attached hydrogen (secondary N) is 2. The van der Waals surface area contributed by atoms with Crippen molar-refractivity contribution in [3.05, 3.63) is 54.3 Å². The standard InChI is InChI=1S/C21H25FN4O2S/c1-29-19-9-5-3-7-17(19)24-21(28)20(27)23-10-11-25-12-14-26(15-13-25)18-8-4-2-6-16(18)22/h2-9H,10-15H2,1H3,(H,23,27)(H,24,28). The minimum Gasteiger partial charge on any atom is -0.367 e. The molecule has 0 radical (unpaired) electrons. The van der Waals surface area contributed by atoms with Gasteiger partial charge in [-0.25, -0.2) is 4.39 Å². The van der Waals surface area contributed by atoms with E-state index in [0.29, 0.717) is 24.5 Å². The zero-order chi connectivity index (χ0) is 20.6. The molecule has 2 aromatic carbocycles. The predicted molar refractivity (Wildman–Crippen MR) is 115 cm³/mol. The molecule has 1 saturated heterocycles. The summed E-state index contributed by atoms with van der Waals surface area (Å²) in [5, 5.41) is 5.32. The van der Waals surface area contributed by atoms with E-state index in [1.165, 1.54) is 17.8 Å². The Morgan fingerprint density at radius 2 is 1.69 bits per heavy atom. The predicted octanol–water partition coefficient (Wildman–Crippen LogP) is 2.42. The maximum absolute atomic E-state index is 13.9. The second-order valence-corrected chi connectivity index (χ2v) is 7.54. The van der Waals surface area contributed by atoms with Crippen LogP contribution < -0.4 is 15.5 Å². The number of amides is 2. The van der Waals surface area contributed by atoms with Crippen LogP contribution in [0.15, 0.2) is 53.4 Å². The number of nitrogens with zero attached hydrogens (tertiary/aromatic N) is 2. The Hall–Kier alpha value is -2.58. The summed E-state index contributed by atoms with van der Waals surface area (Å²) in [6, 6.07) is 14.1. The van der Waals surface area contributed by atoms with Gasteiger partial charge < -0.3 is 15.5 Å². The number of halogens is 1. The van der Waals surface area contributed by atoms with Gasteiger partial charge in [-0.05, 0) is 30.5 Å². The molecule has 1 aliphatic rings. The van der Waals surface area contributed by atoms with E-state index in [0.717, 1.165) is 31.1 Å². The summed E-state index contributed by atoms with van der Waals surface area (Å²) in [5.41, 5.74) is 1.26. The van der Waals surface area contributed by atoms with Crippen LogP contribution in [0.5, 0.6) is 0 Å². The number of rotatable bonds is 6. The number of hydrogen-bond acceptors (Lipinski definition) is 5. The van der Waals surface area contributed by atoms with Gasteiger partial charge in [0, 0.05) is 44.2 Å². The normalized spacial score (nSPS) is 14.5. The van der Waals surface area contributed by atoms with Gasteiger partial charge in [0.2, 0.25) is 0 Å². The number of carbonyl (C=O) groups is 2. The molecule has 0 aromatic heterocycles. The maximum Gasteiger partial charge on any atom is 0.313 e. The van der Waals surface area contributed by atoms with E-state index in [1.54, 1.807) is 18.2 Å². The molecule has 6 nitrogen and oxygen atoms in total. The van der Waals surface area contributed by atoms with Crippen molar-refractivity contribution in [1.29, 1.82) is 0 Å². The molecule has 1 fully saturated rings. The van der Waals surface area contributed by atoms with Crippen molar-refractivity contribution in [2.45, 2.75) is 4.90 Å². The van der Waals surface area contributed by atoms with E-state index in [2.05, 4.69) is 15.5 Å². The Morgan fingerprint density at radius 1 is 1.00 bits per heavy atom. The van der Waals surface area contributed by atoms with Crippen molar-refractivity contribution >= 4 is 35.0 Å². The van der Waals surface area contributed by atoms with Gasteiger partial charge in [-0.2, -0.15) is 0 Å². The molecule has 1 heterocycles. The van der Waals surface area contributed by atoms with Crippen LogP contribution in [0.1, 0.15) is 0 Å². The fourth-order valence-electron chi connectivity index (χ4n) is 3.26. The molecule has 3 rings (SSSR count). The third kappa shape index (κ3) is 5.71. The van der Waals surface area contributed by atoms with Crippen LogP contribution in [0.2, 0.25) is 0 Å². The number of benzene rings is 2. The van der Waals surface area contributed by atoms with Gasteiger partial charge in [-0.1, -0.05) is 24.3 Å². The van der Waals surface area contributed by atoms with Gasteiger partial charge >= 0.3 is 11.8 Å². The molecule has 2 aromatic rings. The first-order chi connectivity index (χ1) is 14.1. The van der Waals surface area contributed by atoms with Gasteiger partial charge in [0.05, 0.1) is 11.4 Å². The summed E-state index contributed by atoms with van der Waals surface area (Å²) < 4.78 is 13.9.